The molecule has 0 amide bonds. The van der Waals surface area contributed by atoms with Crippen LogP contribution in [-0.2, 0) is 25.8 Å². The largest absolute Gasteiger partial charge is 0.445 e. The van der Waals surface area contributed by atoms with Crippen molar-refractivity contribution in [2.24, 2.45) is 0 Å². The van der Waals surface area contributed by atoms with Crippen molar-refractivity contribution in [2.45, 2.75) is 32.2 Å². The predicted molar refractivity (Wildman–Crippen MR) is 99.6 cm³/mol. The Hall–Kier alpha value is -2.66. The van der Waals surface area contributed by atoms with Crippen molar-refractivity contribution in [1.82, 2.24) is 0 Å². The molecular formula is C22H21FNO3+. The highest BCUT2D eigenvalue weighted by Crippen LogP contribution is 2.33. The van der Waals surface area contributed by atoms with Crippen LogP contribution in [0, 0.1) is 5.82 Å². The predicted octanol–water partition coefficient (Wildman–Crippen LogP) is 2.40. The molecule has 0 saturated heterocycles. The zero-order chi connectivity index (χ0) is 18.4. The average molecular weight is 366 g/mol. The van der Waals surface area contributed by atoms with Gasteiger partial charge in [0.25, 0.3) is 0 Å². The summed E-state index contributed by atoms with van der Waals surface area (Å²) in [5.41, 5.74) is 4.43. The van der Waals surface area contributed by atoms with Gasteiger partial charge in [-0.3, -0.25) is 4.90 Å². The van der Waals surface area contributed by atoms with E-state index < -0.39 is 0 Å². The molecule has 0 saturated carbocycles. The number of ether oxygens (including phenoxy) is 1. The van der Waals surface area contributed by atoms with Crippen LogP contribution >= 0.6 is 0 Å². The third-order valence-corrected chi connectivity index (χ3v) is 5.72. The highest BCUT2D eigenvalue weighted by molar-refractivity contribution is 5.86. The molecule has 1 aromatic heterocycles. The first-order valence-electron chi connectivity index (χ1n) is 9.50. The van der Waals surface area contributed by atoms with Crippen LogP contribution in [0.25, 0.3) is 11.0 Å². The molecule has 0 spiro atoms. The topological polar surface area (TPSA) is 43.9 Å². The van der Waals surface area contributed by atoms with Crippen LogP contribution < -0.4 is 15.3 Å². The van der Waals surface area contributed by atoms with Gasteiger partial charge >= 0.3 is 5.63 Å². The molecule has 27 heavy (non-hydrogen) atoms. The molecule has 5 heteroatoms. The zero-order valence-corrected chi connectivity index (χ0v) is 15.0. The second kappa shape index (κ2) is 6.50. The van der Waals surface area contributed by atoms with Crippen LogP contribution in [0.15, 0.2) is 45.6 Å². The van der Waals surface area contributed by atoms with E-state index in [4.69, 9.17) is 9.15 Å². The Morgan fingerprint density at radius 2 is 1.96 bits per heavy atom. The van der Waals surface area contributed by atoms with E-state index in [0.29, 0.717) is 12.3 Å². The molecule has 2 heterocycles. The quantitative estimate of drug-likeness (QED) is 0.724. The van der Waals surface area contributed by atoms with E-state index in [0.717, 1.165) is 72.2 Å². The minimum Gasteiger partial charge on any atom is -0.445 e. The van der Waals surface area contributed by atoms with Crippen molar-refractivity contribution >= 4 is 11.0 Å². The van der Waals surface area contributed by atoms with E-state index >= 15 is 0 Å². The number of rotatable bonds is 3. The molecule has 1 atom stereocenters. The minimum absolute atomic E-state index is 0.199. The van der Waals surface area contributed by atoms with Crippen molar-refractivity contribution in [3.63, 3.8) is 0 Å². The lowest BCUT2D eigenvalue weighted by Gasteiger charge is -2.26. The molecule has 1 aliphatic heterocycles. The monoisotopic (exact) mass is 366 g/mol. The number of halogens is 1. The van der Waals surface area contributed by atoms with Crippen molar-refractivity contribution in [2.75, 3.05) is 13.3 Å². The van der Waals surface area contributed by atoms with Gasteiger partial charge in [0.15, 0.2) is 5.58 Å². The molecule has 1 unspecified atom stereocenters. The van der Waals surface area contributed by atoms with Crippen LogP contribution in [0.1, 0.15) is 28.7 Å². The Labute approximate surface area is 156 Å². The van der Waals surface area contributed by atoms with Crippen LogP contribution in [0.5, 0.6) is 5.75 Å². The fourth-order valence-corrected chi connectivity index (χ4v) is 4.34. The molecule has 138 valence electrons. The molecule has 3 aromatic rings. The second-order valence-electron chi connectivity index (χ2n) is 7.46. The van der Waals surface area contributed by atoms with Gasteiger partial charge in [-0.05, 0) is 54.7 Å². The van der Waals surface area contributed by atoms with Crippen LogP contribution in [-0.4, -0.2) is 13.3 Å². The number of fused-ring (bicyclic) bond motifs is 5. The fourth-order valence-electron chi connectivity index (χ4n) is 4.34. The number of hydrogen-bond acceptors (Lipinski definition) is 3. The van der Waals surface area contributed by atoms with Gasteiger partial charge in [-0.15, -0.1) is 0 Å². The van der Waals surface area contributed by atoms with Crippen LogP contribution in [0.2, 0.25) is 0 Å². The minimum atomic E-state index is -0.204. The Morgan fingerprint density at radius 3 is 2.85 bits per heavy atom. The summed E-state index contributed by atoms with van der Waals surface area (Å²) in [4.78, 5) is 13.6. The number of nitrogens with one attached hydrogen (secondary N) is 1. The fraction of sp³-hybridized carbons (Fsp3) is 0.318. The Kier molecular flexibility index (Phi) is 3.97. The van der Waals surface area contributed by atoms with Crippen molar-refractivity contribution in [3.05, 3.63) is 74.9 Å². The number of hydrogen-bond donors (Lipinski definition) is 1. The van der Waals surface area contributed by atoms with Gasteiger partial charge in [-0.25, -0.2) is 9.18 Å². The average Bonchev–Trinajstić information content (AvgIpc) is 3.17. The highest BCUT2D eigenvalue weighted by atomic mass is 19.1. The Bertz CT molecular complexity index is 1090. The van der Waals surface area contributed by atoms with E-state index in [-0.39, 0.29) is 11.4 Å². The number of benzene rings is 2. The summed E-state index contributed by atoms with van der Waals surface area (Å²) >= 11 is 0. The molecule has 0 fully saturated rings. The normalized spacial score (nSPS) is 18.2. The van der Waals surface area contributed by atoms with E-state index in [9.17, 15) is 9.18 Å². The van der Waals surface area contributed by atoms with Crippen LogP contribution in [0.4, 0.5) is 4.39 Å². The lowest BCUT2D eigenvalue weighted by Crippen LogP contribution is -3.12. The van der Waals surface area contributed by atoms with E-state index in [2.05, 4.69) is 0 Å². The molecule has 1 N–H and O–H groups in total. The molecular weight excluding hydrogens is 345 g/mol. The summed E-state index contributed by atoms with van der Waals surface area (Å²) < 4.78 is 25.1. The van der Waals surface area contributed by atoms with Gasteiger partial charge in [-0.2, -0.15) is 0 Å². The van der Waals surface area contributed by atoms with Gasteiger partial charge in [0.2, 0.25) is 6.73 Å². The van der Waals surface area contributed by atoms with E-state index in [1.807, 2.05) is 18.2 Å². The van der Waals surface area contributed by atoms with Crippen molar-refractivity contribution < 1.29 is 18.4 Å². The lowest BCUT2D eigenvalue weighted by molar-refractivity contribution is -0.932. The van der Waals surface area contributed by atoms with Crippen molar-refractivity contribution in [1.29, 1.82) is 0 Å². The van der Waals surface area contributed by atoms with Gasteiger partial charge in [0, 0.05) is 17.4 Å². The Balaban J connectivity index is 1.45. The summed E-state index contributed by atoms with van der Waals surface area (Å²) in [6.07, 6.45) is 3.53. The zero-order valence-electron chi connectivity index (χ0n) is 15.0. The van der Waals surface area contributed by atoms with Gasteiger partial charge < -0.3 is 9.15 Å². The smallest absolute Gasteiger partial charge is 0.339 e. The lowest BCUT2D eigenvalue weighted by atomic mass is 10.0. The molecule has 2 aliphatic rings. The van der Waals surface area contributed by atoms with Gasteiger partial charge in [0.05, 0.1) is 12.1 Å². The third kappa shape index (κ3) is 2.92. The maximum atomic E-state index is 13.4. The summed E-state index contributed by atoms with van der Waals surface area (Å²) in [6, 6.07) is 10.8. The maximum absolute atomic E-state index is 13.4. The second-order valence-corrected chi connectivity index (χ2v) is 7.46. The number of quaternary nitrogens is 1. The first-order valence-corrected chi connectivity index (χ1v) is 9.50. The maximum Gasteiger partial charge on any atom is 0.339 e. The standard InChI is InChI=1S/C22H20FNO3/c23-15-4-1-3-14(11-15)9-10-24-12-19-20(26-13-24)8-7-17-16-5-2-6-18(16)22(25)27-21(17)19/h1,3-4,7-8,11H,2,5-6,9-10,12-13H2/p+1. The molecule has 0 radical (unpaired) electrons. The molecule has 5 rings (SSSR count). The van der Waals surface area contributed by atoms with Gasteiger partial charge in [0.1, 0.15) is 18.1 Å². The highest BCUT2D eigenvalue weighted by Gasteiger charge is 2.27. The molecule has 2 aromatic carbocycles. The first-order chi connectivity index (χ1) is 13.2. The Morgan fingerprint density at radius 1 is 1.07 bits per heavy atom. The summed E-state index contributed by atoms with van der Waals surface area (Å²) in [6.45, 7) is 2.13. The SMILES string of the molecule is O=c1oc2c3c(ccc2c2c1CCC2)OC[NH+](CCc1cccc(F)c1)C3. The van der Waals surface area contributed by atoms with Crippen molar-refractivity contribution in [3.8, 4) is 5.75 Å². The van der Waals surface area contributed by atoms with Crippen LogP contribution in [0.3, 0.4) is 0 Å². The summed E-state index contributed by atoms with van der Waals surface area (Å²) in [5, 5.41) is 1.05. The van der Waals surface area contributed by atoms with Gasteiger partial charge in [-0.1, -0.05) is 12.1 Å². The molecule has 4 nitrogen and oxygen atoms in total. The molecule has 1 aliphatic carbocycles. The third-order valence-electron chi connectivity index (χ3n) is 5.72. The van der Waals surface area contributed by atoms with E-state index in [1.165, 1.54) is 11.0 Å². The summed E-state index contributed by atoms with van der Waals surface area (Å²) in [5.74, 6) is 0.600. The van der Waals surface area contributed by atoms with E-state index in [1.54, 1.807) is 12.1 Å². The summed E-state index contributed by atoms with van der Waals surface area (Å²) in [7, 11) is 0. The number of aryl methyl sites for hydroxylation is 1. The molecule has 0 bridgehead atoms. The first kappa shape index (κ1) is 16.5.